The van der Waals surface area contributed by atoms with Crippen molar-refractivity contribution in [1.82, 2.24) is 5.32 Å². The highest BCUT2D eigenvalue weighted by Gasteiger charge is 2.28. The molecule has 0 aromatic carbocycles. The first-order valence-electron chi connectivity index (χ1n) is 4.14. The van der Waals surface area contributed by atoms with Crippen molar-refractivity contribution >= 4 is 5.91 Å². The molecule has 0 aromatic rings. The van der Waals surface area contributed by atoms with Crippen LogP contribution in [0.1, 0.15) is 20.3 Å². The zero-order valence-electron chi connectivity index (χ0n) is 7.95. The maximum absolute atomic E-state index is 11.1. The van der Waals surface area contributed by atoms with Crippen LogP contribution in [0.4, 0.5) is 0 Å². The number of aliphatic hydroxyl groups excluding tert-OH is 2. The Morgan fingerprint density at radius 3 is 2.38 bits per heavy atom. The van der Waals surface area contributed by atoms with E-state index >= 15 is 0 Å². The molecule has 0 fully saturated rings. The van der Waals surface area contributed by atoms with Gasteiger partial charge in [-0.05, 0) is 0 Å². The topological polar surface area (TPSA) is 89.8 Å². The van der Waals surface area contributed by atoms with Crippen molar-refractivity contribution in [3.05, 3.63) is 0 Å². The highest BCUT2D eigenvalue weighted by Crippen LogP contribution is 2.23. The van der Waals surface area contributed by atoms with Crippen LogP contribution >= 0.6 is 0 Å². The molecule has 0 aliphatic heterocycles. The summed E-state index contributed by atoms with van der Waals surface area (Å²) in [5.41, 5.74) is -0.862. The maximum Gasteiger partial charge on any atom is 0.220 e. The SMILES string of the molecule is CC(C)(CC(=O)NCCO)C(O)O. The number of carbonyl (C=O) groups is 1. The van der Waals surface area contributed by atoms with Gasteiger partial charge in [0, 0.05) is 18.4 Å². The van der Waals surface area contributed by atoms with Gasteiger partial charge in [-0.15, -0.1) is 0 Å². The smallest absolute Gasteiger partial charge is 0.220 e. The fraction of sp³-hybridized carbons (Fsp3) is 0.875. The van der Waals surface area contributed by atoms with Crippen LogP contribution in [0.3, 0.4) is 0 Å². The lowest BCUT2D eigenvalue weighted by Crippen LogP contribution is -2.36. The standard InChI is InChI=1S/C8H17NO4/c1-8(2,7(12)13)5-6(11)9-3-4-10/h7,10,12-13H,3-5H2,1-2H3,(H,9,11). The molecule has 0 unspecified atom stereocenters. The van der Waals surface area contributed by atoms with E-state index in [0.717, 1.165) is 0 Å². The monoisotopic (exact) mass is 191 g/mol. The summed E-state index contributed by atoms with van der Waals surface area (Å²) in [6.07, 6.45) is -1.50. The van der Waals surface area contributed by atoms with Gasteiger partial charge in [-0.1, -0.05) is 13.8 Å². The minimum atomic E-state index is -1.52. The van der Waals surface area contributed by atoms with Crippen LogP contribution in [0.25, 0.3) is 0 Å². The second-order valence-electron chi connectivity index (χ2n) is 3.61. The van der Waals surface area contributed by atoms with E-state index in [1.54, 1.807) is 13.8 Å². The molecule has 5 nitrogen and oxygen atoms in total. The van der Waals surface area contributed by atoms with E-state index in [1.165, 1.54) is 0 Å². The molecule has 1 amide bonds. The predicted octanol–water partition coefficient (Wildman–Crippen LogP) is -1.18. The van der Waals surface area contributed by atoms with Crippen LogP contribution in [0.5, 0.6) is 0 Å². The summed E-state index contributed by atoms with van der Waals surface area (Å²) >= 11 is 0. The molecule has 78 valence electrons. The van der Waals surface area contributed by atoms with Crippen molar-refractivity contribution in [2.45, 2.75) is 26.6 Å². The van der Waals surface area contributed by atoms with Crippen LogP contribution in [-0.4, -0.2) is 40.7 Å². The number of carbonyl (C=O) groups excluding carboxylic acids is 1. The fourth-order valence-corrected chi connectivity index (χ4v) is 0.763. The molecule has 0 heterocycles. The van der Waals surface area contributed by atoms with Crippen LogP contribution < -0.4 is 5.32 Å². The summed E-state index contributed by atoms with van der Waals surface area (Å²) in [5, 5.41) is 28.6. The van der Waals surface area contributed by atoms with E-state index in [9.17, 15) is 4.79 Å². The number of nitrogens with one attached hydrogen (secondary N) is 1. The average molecular weight is 191 g/mol. The second kappa shape index (κ2) is 5.16. The number of hydrogen-bond acceptors (Lipinski definition) is 4. The molecule has 0 bridgehead atoms. The quantitative estimate of drug-likeness (QED) is 0.412. The van der Waals surface area contributed by atoms with E-state index in [-0.39, 0.29) is 25.5 Å². The van der Waals surface area contributed by atoms with Crippen molar-refractivity contribution in [3.8, 4) is 0 Å². The first-order valence-corrected chi connectivity index (χ1v) is 4.14. The largest absolute Gasteiger partial charge is 0.395 e. The van der Waals surface area contributed by atoms with Gasteiger partial charge in [0.2, 0.25) is 5.91 Å². The maximum atomic E-state index is 11.1. The molecule has 0 spiro atoms. The Kier molecular flexibility index (Phi) is 4.90. The van der Waals surface area contributed by atoms with Gasteiger partial charge in [-0.2, -0.15) is 0 Å². The van der Waals surface area contributed by atoms with Crippen molar-refractivity contribution in [2.75, 3.05) is 13.2 Å². The van der Waals surface area contributed by atoms with E-state index < -0.39 is 11.7 Å². The molecule has 0 aromatic heterocycles. The normalized spacial score (nSPS) is 11.8. The summed E-state index contributed by atoms with van der Waals surface area (Å²) in [6.45, 7) is 3.23. The summed E-state index contributed by atoms with van der Waals surface area (Å²) < 4.78 is 0. The molecule has 0 aliphatic rings. The van der Waals surface area contributed by atoms with Gasteiger partial charge in [-0.25, -0.2) is 0 Å². The number of aliphatic hydroxyl groups is 3. The molecule has 0 aliphatic carbocycles. The second-order valence-corrected chi connectivity index (χ2v) is 3.61. The van der Waals surface area contributed by atoms with Crippen molar-refractivity contribution < 1.29 is 20.1 Å². The highest BCUT2D eigenvalue weighted by atomic mass is 16.5. The lowest BCUT2D eigenvalue weighted by molar-refractivity contribution is -0.142. The number of rotatable bonds is 5. The zero-order chi connectivity index (χ0) is 10.5. The fourth-order valence-electron chi connectivity index (χ4n) is 0.763. The molecule has 5 heteroatoms. The lowest BCUT2D eigenvalue weighted by atomic mass is 9.88. The minimum absolute atomic E-state index is 0.0185. The Hall–Kier alpha value is -0.650. The predicted molar refractivity (Wildman–Crippen MR) is 46.7 cm³/mol. The molecule has 0 saturated carbocycles. The van der Waals surface area contributed by atoms with Crippen LogP contribution in [0.2, 0.25) is 0 Å². The summed E-state index contributed by atoms with van der Waals surface area (Å²) in [4.78, 5) is 11.1. The molecule has 4 N–H and O–H groups in total. The third kappa shape index (κ3) is 4.82. The van der Waals surface area contributed by atoms with E-state index in [2.05, 4.69) is 5.32 Å². The lowest BCUT2D eigenvalue weighted by Gasteiger charge is -2.25. The van der Waals surface area contributed by atoms with Gasteiger partial charge in [-0.3, -0.25) is 4.79 Å². The van der Waals surface area contributed by atoms with Crippen molar-refractivity contribution in [1.29, 1.82) is 0 Å². The zero-order valence-corrected chi connectivity index (χ0v) is 7.95. The Morgan fingerprint density at radius 2 is 2.00 bits per heavy atom. The van der Waals surface area contributed by atoms with Gasteiger partial charge < -0.3 is 20.6 Å². The number of amides is 1. The Balaban J connectivity index is 3.90. The Labute approximate surface area is 77.4 Å². The first kappa shape index (κ1) is 12.3. The van der Waals surface area contributed by atoms with E-state index in [0.29, 0.717) is 0 Å². The Bertz CT molecular complexity index is 168. The molecular weight excluding hydrogens is 174 g/mol. The van der Waals surface area contributed by atoms with Gasteiger partial charge in [0.15, 0.2) is 6.29 Å². The first-order chi connectivity index (χ1) is 5.90. The third-order valence-corrected chi connectivity index (χ3v) is 1.75. The van der Waals surface area contributed by atoms with E-state index in [4.69, 9.17) is 15.3 Å². The summed E-state index contributed by atoms with van der Waals surface area (Å²) in [6, 6.07) is 0. The number of hydrogen-bond donors (Lipinski definition) is 4. The van der Waals surface area contributed by atoms with Crippen LogP contribution in [0.15, 0.2) is 0 Å². The molecule has 0 atom stereocenters. The third-order valence-electron chi connectivity index (χ3n) is 1.75. The van der Waals surface area contributed by atoms with Gasteiger partial charge in [0.05, 0.1) is 6.61 Å². The minimum Gasteiger partial charge on any atom is -0.395 e. The van der Waals surface area contributed by atoms with Crippen LogP contribution in [-0.2, 0) is 4.79 Å². The van der Waals surface area contributed by atoms with Gasteiger partial charge >= 0.3 is 0 Å². The average Bonchev–Trinajstić information content (AvgIpc) is 1.99. The summed E-state index contributed by atoms with van der Waals surface area (Å²) in [7, 11) is 0. The van der Waals surface area contributed by atoms with Gasteiger partial charge in [0.1, 0.15) is 0 Å². The molecule has 13 heavy (non-hydrogen) atoms. The summed E-state index contributed by atoms with van der Waals surface area (Å²) in [5.74, 6) is -0.299. The van der Waals surface area contributed by atoms with E-state index in [1.807, 2.05) is 0 Å². The van der Waals surface area contributed by atoms with Crippen LogP contribution in [0, 0.1) is 5.41 Å². The molecule has 0 rings (SSSR count). The van der Waals surface area contributed by atoms with Gasteiger partial charge in [0.25, 0.3) is 0 Å². The molecule has 0 radical (unpaired) electrons. The van der Waals surface area contributed by atoms with Crippen molar-refractivity contribution in [3.63, 3.8) is 0 Å². The van der Waals surface area contributed by atoms with Crippen molar-refractivity contribution in [2.24, 2.45) is 5.41 Å². The molecule has 0 saturated heterocycles. The highest BCUT2D eigenvalue weighted by molar-refractivity contribution is 5.76. The Morgan fingerprint density at radius 1 is 1.46 bits per heavy atom. The molecular formula is C8H17NO4.